The monoisotopic (exact) mass is 396 g/mol. The van der Waals surface area contributed by atoms with Crippen molar-refractivity contribution in [2.24, 2.45) is 0 Å². The Labute approximate surface area is 166 Å². The number of hydrogen-bond donors (Lipinski definition) is 1. The molecule has 2 aromatic carbocycles. The molecule has 150 valence electrons. The number of nitrogens with one attached hydrogen (secondary N) is 1. The first kappa shape index (κ1) is 18.9. The number of carbonyl (C=O) groups is 1. The standard InChI is InChI=1S/C21H21FN4O3/c22-17-8-4-5-9-18(17)29-14-19(27)23-12-13-25-21(28)26(16-6-2-1-3-7-16)20(24-25)15-10-11-15/h1-9,15H,10-14H2,(H,23,27). The summed E-state index contributed by atoms with van der Waals surface area (Å²) in [6.07, 6.45) is 2.04. The maximum atomic E-state index is 13.5. The van der Waals surface area contributed by atoms with Gasteiger partial charge in [-0.3, -0.25) is 4.79 Å². The molecule has 1 amide bonds. The fourth-order valence-electron chi connectivity index (χ4n) is 3.05. The first-order chi connectivity index (χ1) is 14.1. The van der Waals surface area contributed by atoms with Gasteiger partial charge in [-0.1, -0.05) is 30.3 Å². The second-order valence-electron chi connectivity index (χ2n) is 6.88. The van der Waals surface area contributed by atoms with Crippen LogP contribution >= 0.6 is 0 Å². The van der Waals surface area contributed by atoms with E-state index in [1.807, 2.05) is 30.3 Å². The van der Waals surface area contributed by atoms with E-state index in [1.165, 1.54) is 16.8 Å². The highest BCUT2D eigenvalue weighted by Gasteiger charge is 2.31. The van der Waals surface area contributed by atoms with Gasteiger partial charge in [-0.15, -0.1) is 0 Å². The van der Waals surface area contributed by atoms with Gasteiger partial charge in [0.25, 0.3) is 5.91 Å². The number of ether oxygens (including phenoxy) is 1. The summed E-state index contributed by atoms with van der Waals surface area (Å²) in [6.45, 7) is 0.153. The highest BCUT2D eigenvalue weighted by Crippen LogP contribution is 2.39. The van der Waals surface area contributed by atoms with Crippen LogP contribution in [0.25, 0.3) is 5.69 Å². The molecule has 1 saturated carbocycles. The van der Waals surface area contributed by atoms with Gasteiger partial charge in [-0.05, 0) is 37.1 Å². The second-order valence-corrected chi connectivity index (χ2v) is 6.88. The Morgan fingerprint density at radius 3 is 2.59 bits per heavy atom. The minimum Gasteiger partial charge on any atom is -0.481 e. The van der Waals surface area contributed by atoms with Crippen molar-refractivity contribution in [3.63, 3.8) is 0 Å². The normalized spacial score (nSPS) is 13.3. The zero-order valence-corrected chi connectivity index (χ0v) is 15.8. The van der Waals surface area contributed by atoms with Gasteiger partial charge >= 0.3 is 5.69 Å². The van der Waals surface area contributed by atoms with E-state index in [0.29, 0.717) is 5.92 Å². The molecule has 1 aliphatic rings. The molecule has 0 radical (unpaired) electrons. The molecule has 0 bridgehead atoms. The van der Waals surface area contributed by atoms with Crippen LogP contribution in [0.1, 0.15) is 24.6 Å². The Balaban J connectivity index is 1.37. The molecule has 3 aromatic rings. The summed E-state index contributed by atoms with van der Waals surface area (Å²) in [5.74, 6) is 0.162. The largest absolute Gasteiger partial charge is 0.481 e. The number of halogens is 1. The van der Waals surface area contributed by atoms with E-state index < -0.39 is 11.7 Å². The predicted octanol–water partition coefficient (Wildman–Crippen LogP) is 2.25. The Bertz CT molecular complexity index is 1060. The molecule has 29 heavy (non-hydrogen) atoms. The van der Waals surface area contributed by atoms with Gasteiger partial charge in [0, 0.05) is 12.5 Å². The molecule has 8 heteroatoms. The summed E-state index contributed by atoms with van der Waals surface area (Å²) < 4.78 is 21.7. The number of amides is 1. The lowest BCUT2D eigenvalue weighted by Crippen LogP contribution is -2.34. The number of nitrogens with zero attached hydrogens (tertiary/aromatic N) is 3. The Hall–Kier alpha value is -3.42. The number of aromatic nitrogens is 3. The van der Waals surface area contributed by atoms with Crippen LogP contribution in [0.15, 0.2) is 59.4 Å². The van der Waals surface area contributed by atoms with Gasteiger partial charge < -0.3 is 10.1 Å². The van der Waals surface area contributed by atoms with Gasteiger partial charge in [0.15, 0.2) is 18.2 Å². The molecule has 1 aliphatic carbocycles. The van der Waals surface area contributed by atoms with Gasteiger partial charge in [-0.2, -0.15) is 5.10 Å². The van der Waals surface area contributed by atoms with Crippen molar-refractivity contribution in [3.8, 4) is 11.4 Å². The molecule has 0 unspecified atom stereocenters. The van der Waals surface area contributed by atoms with E-state index in [9.17, 15) is 14.0 Å². The minimum absolute atomic E-state index is 0.0227. The second kappa shape index (κ2) is 8.30. The van der Waals surface area contributed by atoms with Crippen LogP contribution in [0.4, 0.5) is 4.39 Å². The maximum absolute atomic E-state index is 13.5. The minimum atomic E-state index is -0.522. The number of hydrogen-bond acceptors (Lipinski definition) is 4. The highest BCUT2D eigenvalue weighted by molar-refractivity contribution is 5.77. The zero-order chi connectivity index (χ0) is 20.2. The fourth-order valence-corrected chi connectivity index (χ4v) is 3.05. The lowest BCUT2D eigenvalue weighted by atomic mass is 10.3. The smallest absolute Gasteiger partial charge is 0.350 e. The average molecular weight is 396 g/mol. The summed E-state index contributed by atoms with van der Waals surface area (Å²) in [5, 5.41) is 7.15. The lowest BCUT2D eigenvalue weighted by Gasteiger charge is -2.07. The maximum Gasteiger partial charge on any atom is 0.350 e. The first-order valence-corrected chi connectivity index (χ1v) is 9.52. The number of rotatable bonds is 8. The summed E-state index contributed by atoms with van der Waals surface area (Å²) in [7, 11) is 0. The molecule has 0 saturated heterocycles. The van der Waals surface area contributed by atoms with Crippen LogP contribution in [-0.4, -0.2) is 33.4 Å². The Kier molecular flexibility index (Phi) is 5.41. The fraction of sp³-hybridized carbons (Fsp3) is 0.286. The average Bonchev–Trinajstić information content (AvgIpc) is 3.52. The van der Waals surface area contributed by atoms with Crippen LogP contribution in [0, 0.1) is 5.82 Å². The topological polar surface area (TPSA) is 78.2 Å². The van der Waals surface area contributed by atoms with Gasteiger partial charge in [0.2, 0.25) is 0 Å². The van der Waals surface area contributed by atoms with Gasteiger partial charge in [0.1, 0.15) is 5.82 Å². The molecule has 0 atom stereocenters. The van der Waals surface area contributed by atoms with Crippen LogP contribution in [0.5, 0.6) is 5.75 Å². The van der Waals surface area contributed by atoms with Crippen molar-refractivity contribution in [2.75, 3.05) is 13.2 Å². The molecule has 0 aliphatic heterocycles. The van der Waals surface area contributed by atoms with Crippen molar-refractivity contribution in [3.05, 3.63) is 76.7 Å². The molecule has 4 rings (SSSR count). The molecular weight excluding hydrogens is 375 g/mol. The summed E-state index contributed by atoms with van der Waals surface area (Å²) in [5.41, 5.74) is 0.558. The van der Waals surface area contributed by atoms with Crippen molar-refractivity contribution in [2.45, 2.75) is 25.3 Å². The third kappa shape index (κ3) is 4.37. The Morgan fingerprint density at radius 2 is 1.86 bits per heavy atom. The van der Waals surface area contributed by atoms with E-state index in [1.54, 1.807) is 16.7 Å². The summed E-state index contributed by atoms with van der Waals surface area (Å²) >= 11 is 0. The van der Waals surface area contributed by atoms with E-state index in [0.717, 1.165) is 24.4 Å². The van der Waals surface area contributed by atoms with Crippen molar-refractivity contribution in [1.82, 2.24) is 19.7 Å². The van der Waals surface area contributed by atoms with Crippen LogP contribution in [0.2, 0.25) is 0 Å². The van der Waals surface area contributed by atoms with E-state index in [-0.39, 0.29) is 31.1 Å². The molecule has 1 heterocycles. The Morgan fingerprint density at radius 1 is 1.14 bits per heavy atom. The number of para-hydroxylation sites is 2. The molecule has 1 N–H and O–H groups in total. The van der Waals surface area contributed by atoms with Crippen molar-refractivity contribution in [1.29, 1.82) is 0 Å². The highest BCUT2D eigenvalue weighted by atomic mass is 19.1. The van der Waals surface area contributed by atoms with Crippen LogP contribution < -0.4 is 15.7 Å². The van der Waals surface area contributed by atoms with Gasteiger partial charge in [0.05, 0.1) is 12.2 Å². The number of carbonyl (C=O) groups excluding carboxylic acids is 1. The third-order valence-corrected chi connectivity index (χ3v) is 4.66. The van der Waals surface area contributed by atoms with Crippen molar-refractivity contribution >= 4 is 5.91 Å². The molecule has 1 fully saturated rings. The van der Waals surface area contributed by atoms with E-state index in [2.05, 4.69) is 10.4 Å². The van der Waals surface area contributed by atoms with E-state index >= 15 is 0 Å². The lowest BCUT2D eigenvalue weighted by molar-refractivity contribution is -0.123. The quantitative estimate of drug-likeness (QED) is 0.634. The zero-order valence-electron chi connectivity index (χ0n) is 15.8. The third-order valence-electron chi connectivity index (χ3n) is 4.66. The van der Waals surface area contributed by atoms with Crippen LogP contribution in [0.3, 0.4) is 0 Å². The number of benzene rings is 2. The van der Waals surface area contributed by atoms with E-state index in [4.69, 9.17) is 4.74 Å². The van der Waals surface area contributed by atoms with Crippen LogP contribution in [-0.2, 0) is 11.3 Å². The molecule has 0 spiro atoms. The summed E-state index contributed by atoms with van der Waals surface area (Å²) in [6, 6.07) is 15.3. The van der Waals surface area contributed by atoms with Crippen molar-refractivity contribution < 1.29 is 13.9 Å². The SMILES string of the molecule is O=C(COc1ccccc1F)NCCn1nc(C2CC2)n(-c2ccccc2)c1=O. The summed E-state index contributed by atoms with van der Waals surface area (Å²) in [4.78, 5) is 24.8. The molecule has 7 nitrogen and oxygen atoms in total. The predicted molar refractivity (Wildman–Crippen MR) is 105 cm³/mol. The molecule has 1 aromatic heterocycles. The van der Waals surface area contributed by atoms with Gasteiger partial charge in [-0.25, -0.2) is 18.4 Å². The first-order valence-electron chi connectivity index (χ1n) is 9.52. The molecular formula is C21H21FN4O3.